The van der Waals surface area contributed by atoms with Crippen LogP contribution in [0.1, 0.15) is 39.0 Å². The van der Waals surface area contributed by atoms with E-state index in [0.717, 1.165) is 26.1 Å². The van der Waals surface area contributed by atoms with Crippen LogP contribution in [0.3, 0.4) is 0 Å². The van der Waals surface area contributed by atoms with Gasteiger partial charge in [-0.05, 0) is 44.4 Å². The van der Waals surface area contributed by atoms with Crippen molar-refractivity contribution in [3.63, 3.8) is 0 Å². The first kappa shape index (κ1) is 13.8. The lowest BCUT2D eigenvalue weighted by molar-refractivity contribution is -0.130. The predicted octanol–water partition coefficient (Wildman–Crippen LogP) is 1.40. The molecule has 0 spiro atoms. The molecule has 1 amide bonds. The summed E-state index contributed by atoms with van der Waals surface area (Å²) in [4.78, 5) is 14.0. The van der Waals surface area contributed by atoms with Crippen LogP contribution in [0.4, 0.5) is 0 Å². The number of ether oxygens (including phenoxy) is 1. The maximum absolute atomic E-state index is 12.0. The van der Waals surface area contributed by atoms with E-state index in [-0.39, 0.29) is 5.91 Å². The Bertz CT molecular complexity index is 286. The molecule has 4 nitrogen and oxygen atoms in total. The van der Waals surface area contributed by atoms with Crippen LogP contribution in [0.25, 0.3) is 0 Å². The normalized spacial score (nSPS) is 20.8. The molecule has 2 fully saturated rings. The van der Waals surface area contributed by atoms with Crippen LogP contribution in [-0.2, 0) is 9.53 Å². The highest BCUT2D eigenvalue weighted by molar-refractivity contribution is 5.78. The Labute approximate surface area is 110 Å². The molecule has 104 valence electrons. The Morgan fingerprint density at radius 2 is 2.17 bits per heavy atom. The third-order valence-electron chi connectivity index (χ3n) is 4.22. The van der Waals surface area contributed by atoms with Crippen LogP contribution in [0.2, 0.25) is 0 Å². The van der Waals surface area contributed by atoms with Crippen molar-refractivity contribution in [3.05, 3.63) is 0 Å². The first-order chi connectivity index (χ1) is 8.71. The number of rotatable bonds is 9. The van der Waals surface area contributed by atoms with Crippen molar-refractivity contribution in [1.82, 2.24) is 10.2 Å². The highest BCUT2D eigenvalue weighted by Crippen LogP contribution is 2.48. The second-order valence-electron chi connectivity index (χ2n) is 5.76. The predicted molar refractivity (Wildman–Crippen MR) is 71.4 cm³/mol. The van der Waals surface area contributed by atoms with E-state index < -0.39 is 0 Å². The van der Waals surface area contributed by atoms with E-state index in [1.165, 1.54) is 25.7 Å². The van der Waals surface area contributed by atoms with Crippen LogP contribution < -0.4 is 5.32 Å². The average molecular weight is 254 g/mol. The molecule has 0 bridgehead atoms. The van der Waals surface area contributed by atoms with Crippen LogP contribution in [-0.4, -0.2) is 50.2 Å². The Hall–Kier alpha value is -0.610. The molecule has 0 radical (unpaired) electrons. The van der Waals surface area contributed by atoms with Crippen LogP contribution >= 0.6 is 0 Å². The minimum Gasteiger partial charge on any atom is -0.385 e. The summed E-state index contributed by atoms with van der Waals surface area (Å²) in [6.45, 7) is 5.21. The summed E-state index contributed by atoms with van der Waals surface area (Å²) in [7, 11) is 1.75. The van der Waals surface area contributed by atoms with E-state index in [4.69, 9.17) is 4.74 Å². The number of nitrogens with zero attached hydrogens (tertiary/aromatic N) is 1. The van der Waals surface area contributed by atoms with Crippen molar-refractivity contribution in [2.24, 2.45) is 5.41 Å². The van der Waals surface area contributed by atoms with Crippen molar-refractivity contribution in [1.29, 1.82) is 0 Å². The molecule has 2 saturated carbocycles. The van der Waals surface area contributed by atoms with Gasteiger partial charge in [0.15, 0.2) is 0 Å². The number of amides is 1. The first-order valence-electron chi connectivity index (χ1n) is 7.20. The Morgan fingerprint density at radius 1 is 1.44 bits per heavy atom. The molecule has 0 aromatic carbocycles. The van der Waals surface area contributed by atoms with Gasteiger partial charge in [0.25, 0.3) is 0 Å². The molecular weight excluding hydrogens is 228 g/mol. The highest BCUT2D eigenvalue weighted by atomic mass is 16.5. The van der Waals surface area contributed by atoms with Gasteiger partial charge in [-0.3, -0.25) is 4.79 Å². The van der Waals surface area contributed by atoms with Gasteiger partial charge in [-0.25, -0.2) is 0 Å². The zero-order valence-electron chi connectivity index (χ0n) is 11.7. The van der Waals surface area contributed by atoms with E-state index in [1.807, 2.05) is 4.90 Å². The SMILES string of the molecule is CCN(C(=O)CNCC1(CCOC)CC1)C1CC1. The van der Waals surface area contributed by atoms with Crippen molar-refractivity contribution >= 4 is 5.91 Å². The van der Waals surface area contributed by atoms with Crippen molar-refractivity contribution < 1.29 is 9.53 Å². The molecule has 0 aromatic heterocycles. The summed E-state index contributed by atoms with van der Waals surface area (Å²) in [6.07, 6.45) is 6.05. The second kappa shape index (κ2) is 6.02. The van der Waals surface area contributed by atoms with Gasteiger partial charge in [0, 0.05) is 32.8 Å². The minimum atomic E-state index is 0.266. The van der Waals surface area contributed by atoms with Crippen molar-refractivity contribution in [2.75, 3.05) is 33.4 Å². The standard InChI is InChI=1S/C14H26N2O2/c1-3-16(12-4-5-12)13(17)10-15-11-14(6-7-14)8-9-18-2/h12,15H,3-11H2,1-2H3. The topological polar surface area (TPSA) is 41.6 Å². The fraction of sp³-hybridized carbons (Fsp3) is 0.929. The Kier molecular flexibility index (Phi) is 4.62. The number of nitrogens with one attached hydrogen (secondary N) is 1. The maximum Gasteiger partial charge on any atom is 0.236 e. The molecule has 0 unspecified atom stereocenters. The van der Waals surface area contributed by atoms with Gasteiger partial charge in [-0.1, -0.05) is 0 Å². The van der Waals surface area contributed by atoms with E-state index in [0.29, 0.717) is 18.0 Å². The molecule has 0 saturated heterocycles. The molecule has 4 heteroatoms. The third kappa shape index (κ3) is 3.69. The summed E-state index contributed by atoms with van der Waals surface area (Å²) in [5, 5.41) is 3.35. The zero-order valence-corrected chi connectivity index (χ0v) is 11.7. The van der Waals surface area contributed by atoms with E-state index in [1.54, 1.807) is 7.11 Å². The largest absolute Gasteiger partial charge is 0.385 e. The summed E-state index contributed by atoms with van der Waals surface area (Å²) in [5.41, 5.74) is 0.424. The molecule has 18 heavy (non-hydrogen) atoms. The lowest BCUT2D eigenvalue weighted by atomic mass is 10.0. The molecule has 1 N–H and O–H groups in total. The van der Waals surface area contributed by atoms with Crippen LogP contribution in [0, 0.1) is 5.41 Å². The molecule has 0 atom stereocenters. The van der Waals surface area contributed by atoms with Gasteiger partial charge >= 0.3 is 0 Å². The summed E-state index contributed by atoms with van der Waals surface area (Å²) in [5.74, 6) is 0.266. The molecular formula is C14H26N2O2. The minimum absolute atomic E-state index is 0.266. The molecule has 0 aromatic rings. The third-order valence-corrected chi connectivity index (χ3v) is 4.22. The number of methoxy groups -OCH3 is 1. The monoisotopic (exact) mass is 254 g/mol. The van der Waals surface area contributed by atoms with Gasteiger partial charge in [-0.15, -0.1) is 0 Å². The number of carbonyl (C=O) groups excluding carboxylic acids is 1. The first-order valence-corrected chi connectivity index (χ1v) is 7.20. The number of likely N-dealkylation sites (N-methyl/N-ethyl adjacent to an activating group) is 1. The average Bonchev–Trinajstić information content (AvgIpc) is 3.23. The molecule has 2 rings (SSSR count). The van der Waals surface area contributed by atoms with Crippen LogP contribution in [0.5, 0.6) is 0 Å². The number of carbonyl (C=O) groups is 1. The fourth-order valence-corrected chi connectivity index (χ4v) is 2.57. The Morgan fingerprint density at radius 3 is 2.67 bits per heavy atom. The number of hydrogen-bond acceptors (Lipinski definition) is 3. The lowest BCUT2D eigenvalue weighted by Gasteiger charge is -2.22. The van der Waals surface area contributed by atoms with E-state index in [9.17, 15) is 4.79 Å². The second-order valence-corrected chi connectivity index (χ2v) is 5.76. The summed E-state index contributed by atoms with van der Waals surface area (Å²) in [6, 6.07) is 0.535. The van der Waals surface area contributed by atoms with Gasteiger partial charge in [0.2, 0.25) is 5.91 Å². The highest BCUT2D eigenvalue weighted by Gasteiger charge is 2.41. The van der Waals surface area contributed by atoms with Crippen molar-refractivity contribution in [2.45, 2.75) is 45.1 Å². The Balaban J connectivity index is 1.64. The van der Waals surface area contributed by atoms with E-state index in [2.05, 4.69) is 12.2 Å². The quantitative estimate of drug-likeness (QED) is 0.676. The summed E-state index contributed by atoms with van der Waals surface area (Å²) >= 11 is 0. The molecule has 2 aliphatic rings. The lowest BCUT2D eigenvalue weighted by Crippen LogP contribution is -2.41. The van der Waals surface area contributed by atoms with Crippen LogP contribution in [0.15, 0.2) is 0 Å². The number of hydrogen-bond donors (Lipinski definition) is 1. The smallest absolute Gasteiger partial charge is 0.236 e. The van der Waals surface area contributed by atoms with Crippen molar-refractivity contribution in [3.8, 4) is 0 Å². The van der Waals surface area contributed by atoms with E-state index >= 15 is 0 Å². The van der Waals surface area contributed by atoms with Gasteiger partial charge in [0.1, 0.15) is 0 Å². The van der Waals surface area contributed by atoms with Gasteiger partial charge in [0.05, 0.1) is 6.54 Å². The molecule has 0 heterocycles. The fourth-order valence-electron chi connectivity index (χ4n) is 2.57. The van der Waals surface area contributed by atoms with Gasteiger partial charge in [-0.2, -0.15) is 0 Å². The molecule has 0 aliphatic heterocycles. The summed E-state index contributed by atoms with van der Waals surface area (Å²) < 4.78 is 5.14. The zero-order chi connectivity index (χ0) is 13.0. The van der Waals surface area contributed by atoms with Gasteiger partial charge < -0.3 is 15.0 Å². The maximum atomic E-state index is 12.0. The molecule has 2 aliphatic carbocycles.